The van der Waals surface area contributed by atoms with E-state index in [1.165, 1.54) is 19.1 Å². The van der Waals surface area contributed by atoms with E-state index in [9.17, 15) is 13.2 Å². The maximum atomic E-state index is 11.9. The topological polar surface area (TPSA) is 83.5 Å². The molecule has 0 saturated heterocycles. The standard InChI is InChI=1S/C11H14BrNO4S/c1-8(11(14)15)13-6-7-18(16,17)10-4-2-9(12)3-5-10/h2-5,8,13H,6-7H2,1H3,(H,14,15)/t8-/m1/s1. The molecule has 1 rings (SSSR count). The van der Waals surface area contributed by atoms with E-state index in [1.807, 2.05) is 0 Å². The largest absolute Gasteiger partial charge is 0.480 e. The molecular formula is C11H14BrNO4S. The molecule has 7 heteroatoms. The third-order valence-electron chi connectivity index (χ3n) is 2.36. The summed E-state index contributed by atoms with van der Waals surface area (Å²) in [5, 5.41) is 11.3. The summed E-state index contributed by atoms with van der Waals surface area (Å²) in [5.41, 5.74) is 0. The summed E-state index contributed by atoms with van der Waals surface area (Å²) in [6.07, 6.45) is 0. The first-order valence-corrected chi connectivity index (χ1v) is 7.72. The third-order valence-corrected chi connectivity index (χ3v) is 4.63. The Hall–Kier alpha value is -0.920. The molecule has 0 heterocycles. The monoisotopic (exact) mass is 335 g/mol. The number of nitrogens with one attached hydrogen (secondary N) is 1. The number of rotatable bonds is 6. The molecule has 1 aromatic carbocycles. The zero-order valence-corrected chi connectivity index (χ0v) is 12.2. The van der Waals surface area contributed by atoms with Gasteiger partial charge in [-0.3, -0.25) is 4.79 Å². The van der Waals surface area contributed by atoms with Crippen LogP contribution in [0.15, 0.2) is 33.6 Å². The van der Waals surface area contributed by atoms with Gasteiger partial charge in [0.15, 0.2) is 9.84 Å². The van der Waals surface area contributed by atoms with E-state index < -0.39 is 21.8 Å². The summed E-state index contributed by atoms with van der Waals surface area (Å²) < 4.78 is 24.6. The van der Waals surface area contributed by atoms with E-state index in [-0.39, 0.29) is 17.2 Å². The maximum absolute atomic E-state index is 11.9. The fourth-order valence-electron chi connectivity index (χ4n) is 1.26. The van der Waals surface area contributed by atoms with E-state index in [1.54, 1.807) is 12.1 Å². The minimum atomic E-state index is -3.37. The van der Waals surface area contributed by atoms with Gasteiger partial charge in [-0.15, -0.1) is 0 Å². The molecule has 0 unspecified atom stereocenters. The summed E-state index contributed by atoms with van der Waals surface area (Å²) in [7, 11) is -3.37. The van der Waals surface area contributed by atoms with E-state index in [0.29, 0.717) is 0 Å². The summed E-state index contributed by atoms with van der Waals surface area (Å²) >= 11 is 3.23. The van der Waals surface area contributed by atoms with Gasteiger partial charge in [-0.05, 0) is 31.2 Å². The van der Waals surface area contributed by atoms with Gasteiger partial charge in [0.2, 0.25) is 0 Å². The van der Waals surface area contributed by atoms with Crippen LogP contribution in [0.1, 0.15) is 6.92 Å². The molecule has 0 aromatic heterocycles. The van der Waals surface area contributed by atoms with Crippen LogP contribution in [-0.2, 0) is 14.6 Å². The summed E-state index contributed by atoms with van der Waals surface area (Å²) in [4.78, 5) is 10.8. The summed E-state index contributed by atoms with van der Waals surface area (Å²) in [6.45, 7) is 1.57. The first kappa shape index (κ1) is 15.1. The Bertz CT molecular complexity index is 512. The molecule has 18 heavy (non-hydrogen) atoms. The summed E-state index contributed by atoms with van der Waals surface area (Å²) in [6, 6.07) is 5.57. The number of hydrogen-bond donors (Lipinski definition) is 2. The highest BCUT2D eigenvalue weighted by molar-refractivity contribution is 9.10. The van der Waals surface area contributed by atoms with Crippen LogP contribution in [0.25, 0.3) is 0 Å². The number of carboxylic acid groups (broad SMARTS) is 1. The Kier molecular flexibility index (Phi) is 5.30. The van der Waals surface area contributed by atoms with Gasteiger partial charge in [0.25, 0.3) is 0 Å². The van der Waals surface area contributed by atoms with Crippen LogP contribution >= 0.6 is 15.9 Å². The van der Waals surface area contributed by atoms with Crippen LogP contribution in [0.4, 0.5) is 0 Å². The van der Waals surface area contributed by atoms with Crippen molar-refractivity contribution in [1.29, 1.82) is 0 Å². The predicted octanol–water partition coefficient (Wildman–Crippen LogP) is 1.29. The molecule has 100 valence electrons. The zero-order valence-electron chi connectivity index (χ0n) is 9.76. The smallest absolute Gasteiger partial charge is 0.320 e. The minimum Gasteiger partial charge on any atom is -0.480 e. The second-order valence-corrected chi connectivity index (χ2v) is 6.81. The fraction of sp³-hybridized carbons (Fsp3) is 0.364. The molecule has 0 amide bonds. The lowest BCUT2D eigenvalue weighted by Gasteiger charge is -2.09. The molecule has 0 radical (unpaired) electrons. The molecule has 0 bridgehead atoms. The van der Waals surface area contributed by atoms with Crippen LogP contribution in [0.5, 0.6) is 0 Å². The van der Waals surface area contributed by atoms with E-state index in [0.717, 1.165) is 4.47 Å². The number of benzene rings is 1. The van der Waals surface area contributed by atoms with Crippen molar-refractivity contribution in [2.45, 2.75) is 17.9 Å². The number of halogens is 1. The Balaban J connectivity index is 2.60. The molecule has 0 fully saturated rings. The molecule has 0 aliphatic rings. The normalized spacial score (nSPS) is 13.2. The molecule has 1 atom stereocenters. The first-order valence-electron chi connectivity index (χ1n) is 5.27. The Morgan fingerprint density at radius 1 is 1.39 bits per heavy atom. The van der Waals surface area contributed by atoms with Gasteiger partial charge in [-0.25, -0.2) is 8.42 Å². The molecule has 1 aromatic rings. The van der Waals surface area contributed by atoms with Gasteiger partial charge in [0.05, 0.1) is 10.6 Å². The first-order chi connectivity index (χ1) is 8.33. The van der Waals surface area contributed by atoms with Crippen LogP contribution < -0.4 is 5.32 Å². The summed E-state index contributed by atoms with van der Waals surface area (Å²) in [5.74, 6) is -1.14. The highest BCUT2D eigenvalue weighted by Crippen LogP contribution is 2.15. The third kappa shape index (κ3) is 4.40. The Morgan fingerprint density at radius 3 is 2.44 bits per heavy atom. The second kappa shape index (κ2) is 6.31. The van der Waals surface area contributed by atoms with Crippen molar-refractivity contribution < 1.29 is 18.3 Å². The van der Waals surface area contributed by atoms with Crippen molar-refractivity contribution in [2.24, 2.45) is 0 Å². The van der Waals surface area contributed by atoms with Gasteiger partial charge < -0.3 is 10.4 Å². The minimum absolute atomic E-state index is 0.103. The van der Waals surface area contributed by atoms with Crippen molar-refractivity contribution in [3.63, 3.8) is 0 Å². The molecule has 0 saturated carbocycles. The van der Waals surface area contributed by atoms with E-state index >= 15 is 0 Å². The van der Waals surface area contributed by atoms with E-state index in [4.69, 9.17) is 5.11 Å². The van der Waals surface area contributed by atoms with Crippen molar-refractivity contribution >= 4 is 31.7 Å². The highest BCUT2D eigenvalue weighted by Gasteiger charge is 2.16. The van der Waals surface area contributed by atoms with Gasteiger partial charge in [0, 0.05) is 11.0 Å². The highest BCUT2D eigenvalue weighted by atomic mass is 79.9. The predicted molar refractivity (Wildman–Crippen MR) is 71.3 cm³/mol. The Labute approximate surface area is 114 Å². The lowest BCUT2D eigenvalue weighted by atomic mass is 10.3. The van der Waals surface area contributed by atoms with Crippen molar-refractivity contribution in [3.8, 4) is 0 Å². The van der Waals surface area contributed by atoms with Crippen LogP contribution in [0.3, 0.4) is 0 Å². The van der Waals surface area contributed by atoms with Gasteiger partial charge in [-0.2, -0.15) is 0 Å². The zero-order chi connectivity index (χ0) is 13.8. The number of hydrogen-bond acceptors (Lipinski definition) is 4. The molecule has 0 aliphatic heterocycles. The number of carboxylic acids is 1. The van der Waals surface area contributed by atoms with Crippen LogP contribution in [0, 0.1) is 0 Å². The van der Waals surface area contributed by atoms with Crippen molar-refractivity contribution in [2.75, 3.05) is 12.3 Å². The van der Waals surface area contributed by atoms with Crippen LogP contribution in [-0.4, -0.2) is 37.8 Å². The molecular weight excluding hydrogens is 322 g/mol. The van der Waals surface area contributed by atoms with Gasteiger partial charge in [0.1, 0.15) is 6.04 Å². The van der Waals surface area contributed by atoms with Gasteiger partial charge >= 0.3 is 5.97 Å². The molecule has 0 aliphatic carbocycles. The second-order valence-electron chi connectivity index (χ2n) is 3.79. The average Bonchev–Trinajstić information content (AvgIpc) is 2.29. The lowest BCUT2D eigenvalue weighted by molar-refractivity contribution is -0.138. The molecule has 2 N–H and O–H groups in total. The van der Waals surface area contributed by atoms with Crippen molar-refractivity contribution in [1.82, 2.24) is 5.32 Å². The number of aliphatic carboxylic acids is 1. The fourth-order valence-corrected chi connectivity index (χ4v) is 2.69. The maximum Gasteiger partial charge on any atom is 0.320 e. The lowest BCUT2D eigenvalue weighted by Crippen LogP contribution is -2.36. The number of carbonyl (C=O) groups is 1. The molecule has 5 nitrogen and oxygen atoms in total. The average molecular weight is 336 g/mol. The van der Waals surface area contributed by atoms with Gasteiger partial charge in [-0.1, -0.05) is 15.9 Å². The SMILES string of the molecule is C[C@@H](NCCS(=O)(=O)c1ccc(Br)cc1)C(=O)O. The van der Waals surface area contributed by atoms with Crippen molar-refractivity contribution in [3.05, 3.63) is 28.7 Å². The Morgan fingerprint density at radius 2 is 1.94 bits per heavy atom. The molecule has 0 spiro atoms. The quantitative estimate of drug-likeness (QED) is 0.818. The van der Waals surface area contributed by atoms with Crippen LogP contribution in [0.2, 0.25) is 0 Å². The number of sulfone groups is 1. The van der Waals surface area contributed by atoms with E-state index in [2.05, 4.69) is 21.2 Å².